The van der Waals surface area contributed by atoms with Crippen molar-refractivity contribution >= 4 is 120 Å². The van der Waals surface area contributed by atoms with Crippen molar-refractivity contribution in [3.8, 4) is 0 Å². The third kappa shape index (κ3) is 4.99. The predicted molar refractivity (Wildman–Crippen MR) is 241 cm³/mol. The first kappa shape index (κ1) is 32.0. The van der Waals surface area contributed by atoms with E-state index in [9.17, 15) is 0 Å². The molecule has 9 aromatic carbocycles. The average molecular weight is 749 g/mol. The second-order valence-corrected chi connectivity index (χ2v) is 15.6. The molecule has 0 aliphatic carbocycles. The summed E-state index contributed by atoms with van der Waals surface area (Å²) in [6, 6.07) is 69.0. The van der Waals surface area contributed by atoms with Gasteiger partial charge in [0.1, 0.15) is 22.3 Å². The van der Waals surface area contributed by atoms with Crippen molar-refractivity contribution in [2.24, 2.45) is 0 Å². The highest BCUT2D eigenvalue weighted by molar-refractivity contribution is 7.26. The topological polar surface area (TPSA) is 32.8 Å². The largest absolute Gasteiger partial charge is 0.456 e. The fourth-order valence-corrected chi connectivity index (χ4v) is 9.86. The quantitative estimate of drug-likeness (QED) is 0.170. The maximum Gasteiger partial charge on any atom is 0.139 e. The van der Waals surface area contributed by atoms with Gasteiger partial charge in [-0.1, -0.05) is 109 Å². The summed E-state index contributed by atoms with van der Waals surface area (Å²) in [5.41, 5.74) is 9.57. The Balaban J connectivity index is 1.23. The van der Waals surface area contributed by atoms with Crippen molar-refractivity contribution < 1.29 is 8.83 Å². The number of rotatable bonds is 6. The Morgan fingerprint density at radius 3 is 1.70 bits per heavy atom. The number of anilines is 6. The molecule has 0 atom stereocenters. The minimum Gasteiger partial charge on any atom is -0.456 e. The number of thiophene rings is 1. The summed E-state index contributed by atoms with van der Waals surface area (Å²) >= 11 is 1.84. The molecule has 57 heavy (non-hydrogen) atoms. The highest BCUT2D eigenvalue weighted by atomic mass is 32.1. The molecular formula is C52H32N2O2S. The van der Waals surface area contributed by atoms with Gasteiger partial charge in [-0.05, 0) is 89.6 Å². The zero-order valence-electron chi connectivity index (χ0n) is 30.6. The van der Waals surface area contributed by atoms with E-state index in [-0.39, 0.29) is 0 Å². The molecule has 268 valence electrons. The Bertz CT molecular complexity index is 3490. The molecule has 0 saturated carbocycles. The minimum absolute atomic E-state index is 0.807. The third-order valence-electron chi connectivity index (χ3n) is 11.2. The van der Waals surface area contributed by atoms with Crippen molar-refractivity contribution in [3.05, 3.63) is 194 Å². The summed E-state index contributed by atoms with van der Waals surface area (Å²) < 4.78 is 16.0. The lowest BCUT2D eigenvalue weighted by atomic mass is 10.0. The highest BCUT2D eigenvalue weighted by Gasteiger charge is 2.27. The molecule has 0 radical (unpaired) electrons. The number of hydrogen-bond acceptors (Lipinski definition) is 5. The number of nitrogens with zero attached hydrogens (tertiary/aromatic N) is 2. The van der Waals surface area contributed by atoms with Gasteiger partial charge in [0.15, 0.2) is 0 Å². The summed E-state index contributed by atoms with van der Waals surface area (Å²) in [5.74, 6) is 0. The van der Waals surface area contributed by atoms with Gasteiger partial charge in [0.2, 0.25) is 0 Å². The van der Waals surface area contributed by atoms with E-state index in [1.54, 1.807) is 0 Å². The molecule has 0 amide bonds. The van der Waals surface area contributed by atoms with Gasteiger partial charge in [0.25, 0.3) is 0 Å². The van der Waals surface area contributed by atoms with Gasteiger partial charge in [-0.2, -0.15) is 0 Å². The Morgan fingerprint density at radius 2 is 0.895 bits per heavy atom. The fraction of sp³-hybridized carbons (Fsp3) is 0. The van der Waals surface area contributed by atoms with E-state index in [2.05, 4.69) is 192 Å². The average Bonchev–Trinajstić information content (AvgIpc) is 3.95. The standard InChI is InChI=1S/C52H32N2O2S/c1-3-17-35(18-4-1)53(41-23-13-26-45-50(41)38-21-9-11-25-44(38)55-45)37-31-43(51-40-29-33-15-7-8-16-34(33)30-46(40)56-47(51)32-37)54(36-19-5-2-6-20-36)42-24-14-28-49-52(42)39-22-10-12-27-48(39)57-49/h1-32H. The summed E-state index contributed by atoms with van der Waals surface area (Å²) in [6.45, 7) is 0. The van der Waals surface area contributed by atoms with Crippen LogP contribution in [0.4, 0.5) is 34.1 Å². The summed E-state index contributed by atoms with van der Waals surface area (Å²) in [4.78, 5) is 4.79. The van der Waals surface area contributed by atoms with Crippen LogP contribution in [0.1, 0.15) is 0 Å². The van der Waals surface area contributed by atoms with Gasteiger partial charge >= 0.3 is 0 Å². The molecule has 3 aromatic heterocycles. The van der Waals surface area contributed by atoms with Crippen LogP contribution >= 0.6 is 11.3 Å². The molecule has 5 heteroatoms. The second kappa shape index (κ2) is 12.6. The van der Waals surface area contributed by atoms with E-state index in [4.69, 9.17) is 8.83 Å². The van der Waals surface area contributed by atoms with Crippen LogP contribution in [0.25, 0.3) is 74.8 Å². The normalized spacial score (nSPS) is 11.9. The molecule has 4 nitrogen and oxygen atoms in total. The van der Waals surface area contributed by atoms with E-state index >= 15 is 0 Å². The SMILES string of the molecule is c1ccc(N(c2cc(N(c3ccccc3)c3cccc4sc5ccccc5c34)c3c(c2)oc2cc4ccccc4cc23)c2cccc3oc4ccccc4c23)cc1. The van der Waals surface area contributed by atoms with E-state index in [1.807, 2.05) is 23.5 Å². The molecule has 0 saturated heterocycles. The van der Waals surface area contributed by atoms with Gasteiger partial charge < -0.3 is 18.6 Å². The molecular weight excluding hydrogens is 717 g/mol. The minimum atomic E-state index is 0.807. The van der Waals surface area contributed by atoms with E-state index in [1.165, 1.54) is 25.6 Å². The van der Waals surface area contributed by atoms with Gasteiger partial charge in [0.05, 0.1) is 33.5 Å². The first-order valence-electron chi connectivity index (χ1n) is 19.2. The van der Waals surface area contributed by atoms with Crippen LogP contribution in [-0.2, 0) is 0 Å². The van der Waals surface area contributed by atoms with Gasteiger partial charge in [-0.3, -0.25) is 0 Å². The number of hydrogen-bond donors (Lipinski definition) is 0. The molecule has 0 N–H and O–H groups in total. The molecule has 12 aromatic rings. The van der Waals surface area contributed by atoms with Gasteiger partial charge in [-0.25, -0.2) is 0 Å². The zero-order valence-corrected chi connectivity index (χ0v) is 31.4. The fourth-order valence-electron chi connectivity index (χ4n) is 8.73. The number of para-hydroxylation sites is 3. The monoisotopic (exact) mass is 748 g/mol. The smallest absolute Gasteiger partial charge is 0.139 e. The van der Waals surface area contributed by atoms with Crippen LogP contribution in [0.2, 0.25) is 0 Å². The van der Waals surface area contributed by atoms with Gasteiger partial charge in [-0.15, -0.1) is 11.3 Å². The third-order valence-corrected chi connectivity index (χ3v) is 12.3. The van der Waals surface area contributed by atoms with Crippen LogP contribution in [0.15, 0.2) is 203 Å². The molecule has 3 heterocycles. The molecule has 0 spiro atoms. The number of furan rings is 2. The Morgan fingerprint density at radius 1 is 0.316 bits per heavy atom. The summed E-state index contributed by atoms with van der Waals surface area (Å²) in [5, 5.41) is 9.05. The zero-order chi connectivity index (χ0) is 37.5. The lowest BCUT2D eigenvalue weighted by Crippen LogP contribution is -2.14. The maximum absolute atomic E-state index is 7.00. The molecule has 12 rings (SSSR count). The first-order chi connectivity index (χ1) is 28.3. The Kier molecular flexibility index (Phi) is 7.06. The molecule has 0 unspecified atom stereocenters. The molecule has 0 fully saturated rings. The van der Waals surface area contributed by atoms with E-state index in [0.29, 0.717) is 0 Å². The van der Waals surface area contributed by atoms with Crippen molar-refractivity contribution in [3.63, 3.8) is 0 Å². The van der Waals surface area contributed by atoms with Crippen LogP contribution < -0.4 is 9.80 Å². The lowest BCUT2D eigenvalue weighted by Gasteiger charge is -2.30. The molecule has 0 bridgehead atoms. The van der Waals surface area contributed by atoms with Crippen molar-refractivity contribution in [1.82, 2.24) is 0 Å². The second-order valence-electron chi connectivity index (χ2n) is 14.5. The van der Waals surface area contributed by atoms with Crippen LogP contribution in [0, 0.1) is 0 Å². The summed E-state index contributed by atoms with van der Waals surface area (Å²) in [7, 11) is 0. The van der Waals surface area contributed by atoms with Crippen molar-refractivity contribution in [2.45, 2.75) is 0 Å². The van der Waals surface area contributed by atoms with Crippen molar-refractivity contribution in [2.75, 3.05) is 9.80 Å². The van der Waals surface area contributed by atoms with Crippen LogP contribution in [0.3, 0.4) is 0 Å². The summed E-state index contributed by atoms with van der Waals surface area (Å²) in [6.07, 6.45) is 0. The predicted octanol–water partition coefficient (Wildman–Crippen LogP) is 15.9. The number of fused-ring (bicyclic) bond motifs is 10. The van der Waals surface area contributed by atoms with E-state index in [0.717, 1.165) is 83.4 Å². The van der Waals surface area contributed by atoms with Crippen molar-refractivity contribution in [1.29, 1.82) is 0 Å². The number of benzene rings is 9. The Labute approximate surface area is 331 Å². The first-order valence-corrected chi connectivity index (χ1v) is 20.0. The van der Waals surface area contributed by atoms with Crippen LogP contribution in [-0.4, -0.2) is 0 Å². The van der Waals surface area contributed by atoms with E-state index < -0.39 is 0 Å². The maximum atomic E-state index is 7.00. The Hall–Kier alpha value is -7.34. The molecule has 0 aliphatic heterocycles. The highest BCUT2D eigenvalue weighted by Crippen LogP contribution is 2.51. The lowest BCUT2D eigenvalue weighted by molar-refractivity contribution is 0.669. The van der Waals surface area contributed by atoms with Crippen LogP contribution in [0.5, 0.6) is 0 Å². The van der Waals surface area contributed by atoms with Gasteiger partial charge in [0, 0.05) is 48.4 Å². The molecule has 0 aliphatic rings.